The van der Waals surface area contributed by atoms with Gasteiger partial charge in [-0.2, -0.15) is 18.2 Å². The molecule has 3 aromatic rings. The first-order chi connectivity index (χ1) is 12.9. The quantitative estimate of drug-likeness (QED) is 0.707. The Hall–Kier alpha value is -3.16. The van der Waals surface area contributed by atoms with Crippen LogP contribution in [0.15, 0.2) is 53.1 Å². The third-order valence-electron chi connectivity index (χ3n) is 4.22. The standard InChI is InChI=1S/C19H14F3N3O2/c20-19(21,22)14-8-6-11(7-9-14)17(26)23-15-3-1-2-13(10-15)16-24-18(27-25-16)12-4-5-12/h1-3,6-10,12H,4-5H2,(H,23,26). The summed E-state index contributed by atoms with van der Waals surface area (Å²) < 4.78 is 43.1. The Balaban J connectivity index is 1.49. The number of nitrogens with zero attached hydrogens (tertiary/aromatic N) is 2. The molecule has 1 aliphatic rings. The highest BCUT2D eigenvalue weighted by Gasteiger charge is 2.30. The van der Waals surface area contributed by atoms with E-state index in [1.165, 1.54) is 0 Å². The number of nitrogens with one attached hydrogen (secondary N) is 1. The molecule has 1 aromatic heterocycles. The summed E-state index contributed by atoms with van der Waals surface area (Å²) in [5.41, 5.74) is 0.486. The van der Waals surface area contributed by atoms with Crippen LogP contribution >= 0.6 is 0 Å². The number of alkyl halides is 3. The van der Waals surface area contributed by atoms with E-state index in [4.69, 9.17) is 4.52 Å². The third-order valence-corrected chi connectivity index (χ3v) is 4.22. The van der Waals surface area contributed by atoms with Gasteiger partial charge in [-0.15, -0.1) is 0 Å². The molecule has 1 fully saturated rings. The maximum Gasteiger partial charge on any atom is 0.416 e. The zero-order valence-corrected chi connectivity index (χ0v) is 14.0. The molecular weight excluding hydrogens is 359 g/mol. The van der Waals surface area contributed by atoms with E-state index in [-0.39, 0.29) is 5.56 Å². The minimum Gasteiger partial charge on any atom is -0.339 e. The Morgan fingerprint density at radius 3 is 2.52 bits per heavy atom. The van der Waals surface area contributed by atoms with E-state index < -0.39 is 17.6 Å². The van der Waals surface area contributed by atoms with E-state index in [9.17, 15) is 18.0 Å². The molecule has 1 amide bonds. The Bertz CT molecular complexity index is 976. The molecule has 0 unspecified atom stereocenters. The average molecular weight is 373 g/mol. The number of hydrogen-bond acceptors (Lipinski definition) is 4. The van der Waals surface area contributed by atoms with Crippen molar-refractivity contribution in [3.05, 3.63) is 65.5 Å². The first kappa shape index (κ1) is 17.3. The minimum absolute atomic E-state index is 0.129. The lowest BCUT2D eigenvalue weighted by Crippen LogP contribution is -2.12. The normalized spacial score (nSPS) is 14.2. The van der Waals surface area contributed by atoms with Crippen LogP contribution in [0.4, 0.5) is 18.9 Å². The molecule has 138 valence electrons. The lowest BCUT2D eigenvalue weighted by Gasteiger charge is -2.09. The van der Waals surface area contributed by atoms with Gasteiger partial charge in [0.25, 0.3) is 5.91 Å². The lowest BCUT2D eigenvalue weighted by molar-refractivity contribution is -0.137. The Morgan fingerprint density at radius 2 is 1.85 bits per heavy atom. The summed E-state index contributed by atoms with van der Waals surface area (Å²) in [5.74, 6) is 0.883. The molecule has 27 heavy (non-hydrogen) atoms. The summed E-state index contributed by atoms with van der Waals surface area (Å²) in [7, 11) is 0. The smallest absolute Gasteiger partial charge is 0.339 e. The summed E-state index contributed by atoms with van der Waals surface area (Å²) in [6, 6.07) is 10.9. The fraction of sp³-hybridized carbons (Fsp3) is 0.211. The van der Waals surface area contributed by atoms with Crippen molar-refractivity contribution >= 4 is 11.6 Å². The molecule has 0 spiro atoms. The maximum atomic E-state index is 12.6. The van der Waals surface area contributed by atoms with Gasteiger partial charge in [-0.05, 0) is 49.2 Å². The van der Waals surface area contributed by atoms with Crippen LogP contribution in [0.5, 0.6) is 0 Å². The van der Waals surface area contributed by atoms with E-state index in [1.807, 2.05) is 0 Å². The summed E-state index contributed by atoms with van der Waals surface area (Å²) in [4.78, 5) is 16.6. The number of anilines is 1. The number of rotatable bonds is 4. The van der Waals surface area contributed by atoms with Crippen LogP contribution in [0.3, 0.4) is 0 Å². The molecule has 1 heterocycles. The van der Waals surface area contributed by atoms with Gasteiger partial charge in [-0.25, -0.2) is 0 Å². The first-order valence-corrected chi connectivity index (χ1v) is 8.33. The molecule has 4 rings (SSSR count). The van der Waals surface area contributed by atoms with E-state index in [0.717, 1.165) is 37.1 Å². The molecule has 1 N–H and O–H groups in total. The predicted octanol–water partition coefficient (Wildman–Crippen LogP) is 4.89. The molecular formula is C19H14F3N3O2. The fourth-order valence-corrected chi connectivity index (χ4v) is 2.60. The molecule has 5 nitrogen and oxygen atoms in total. The van der Waals surface area contributed by atoms with E-state index in [2.05, 4.69) is 15.5 Å². The minimum atomic E-state index is -4.44. The van der Waals surface area contributed by atoms with E-state index >= 15 is 0 Å². The van der Waals surface area contributed by atoms with Crippen molar-refractivity contribution in [3.8, 4) is 11.4 Å². The maximum absolute atomic E-state index is 12.6. The summed E-state index contributed by atoms with van der Waals surface area (Å²) in [5, 5.41) is 6.62. The van der Waals surface area contributed by atoms with Gasteiger partial charge in [0.05, 0.1) is 5.56 Å². The van der Waals surface area contributed by atoms with Gasteiger partial charge in [0.1, 0.15) is 0 Å². The van der Waals surface area contributed by atoms with Gasteiger partial charge in [-0.1, -0.05) is 17.3 Å². The summed E-state index contributed by atoms with van der Waals surface area (Å²) in [6.07, 6.45) is -2.34. The second-order valence-corrected chi connectivity index (χ2v) is 6.34. The van der Waals surface area contributed by atoms with Crippen molar-refractivity contribution in [1.82, 2.24) is 10.1 Å². The lowest BCUT2D eigenvalue weighted by atomic mass is 10.1. The highest BCUT2D eigenvalue weighted by Crippen LogP contribution is 2.39. The van der Waals surface area contributed by atoms with Gasteiger partial charge >= 0.3 is 6.18 Å². The molecule has 8 heteroatoms. The van der Waals surface area contributed by atoms with Crippen LogP contribution in [-0.4, -0.2) is 16.0 Å². The van der Waals surface area contributed by atoms with Gasteiger partial charge in [0.2, 0.25) is 11.7 Å². The van der Waals surface area contributed by atoms with Crippen LogP contribution in [0.1, 0.15) is 40.6 Å². The van der Waals surface area contributed by atoms with Crippen molar-refractivity contribution in [2.45, 2.75) is 24.9 Å². The molecule has 0 atom stereocenters. The van der Waals surface area contributed by atoms with Crippen molar-refractivity contribution < 1.29 is 22.5 Å². The van der Waals surface area contributed by atoms with Crippen LogP contribution < -0.4 is 5.32 Å². The number of halogens is 3. The molecule has 0 saturated heterocycles. The van der Waals surface area contributed by atoms with Crippen molar-refractivity contribution in [3.63, 3.8) is 0 Å². The number of aromatic nitrogens is 2. The van der Waals surface area contributed by atoms with Gasteiger partial charge in [-0.3, -0.25) is 4.79 Å². The second kappa shape index (κ2) is 6.53. The second-order valence-electron chi connectivity index (χ2n) is 6.34. The number of hydrogen-bond donors (Lipinski definition) is 1. The number of amides is 1. The van der Waals surface area contributed by atoms with Crippen LogP contribution in [0, 0.1) is 0 Å². The zero-order chi connectivity index (χ0) is 19.0. The molecule has 0 aliphatic heterocycles. The molecule has 0 bridgehead atoms. The SMILES string of the molecule is O=C(Nc1cccc(-c2noc(C3CC3)n2)c1)c1ccc(C(F)(F)F)cc1. The number of benzene rings is 2. The van der Waals surface area contributed by atoms with Crippen molar-refractivity contribution in [2.24, 2.45) is 0 Å². The monoisotopic (exact) mass is 373 g/mol. The van der Waals surface area contributed by atoms with Gasteiger partial charge < -0.3 is 9.84 Å². The topological polar surface area (TPSA) is 68.0 Å². The number of carbonyl (C=O) groups excluding carboxylic acids is 1. The average Bonchev–Trinajstić information content (AvgIpc) is 3.38. The van der Waals surface area contributed by atoms with Crippen molar-refractivity contribution in [2.75, 3.05) is 5.32 Å². The summed E-state index contributed by atoms with van der Waals surface area (Å²) >= 11 is 0. The first-order valence-electron chi connectivity index (χ1n) is 8.33. The molecule has 1 aliphatic carbocycles. The third kappa shape index (κ3) is 3.84. The highest BCUT2D eigenvalue weighted by atomic mass is 19.4. The zero-order valence-electron chi connectivity index (χ0n) is 14.0. The van der Waals surface area contributed by atoms with E-state index in [1.54, 1.807) is 24.3 Å². The predicted molar refractivity (Wildman–Crippen MR) is 91.1 cm³/mol. The largest absolute Gasteiger partial charge is 0.416 e. The van der Waals surface area contributed by atoms with E-state index in [0.29, 0.717) is 28.9 Å². The Morgan fingerprint density at radius 1 is 1.11 bits per heavy atom. The van der Waals surface area contributed by atoms with Gasteiger partial charge in [0.15, 0.2) is 0 Å². The molecule has 2 aromatic carbocycles. The van der Waals surface area contributed by atoms with Crippen LogP contribution in [0.2, 0.25) is 0 Å². The molecule has 0 radical (unpaired) electrons. The fourth-order valence-electron chi connectivity index (χ4n) is 2.60. The number of carbonyl (C=O) groups is 1. The van der Waals surface area contributed by atoms with Crippen LogP contribution in [0.25, 0.3) is 11.4 Å². The van der Waals surface area contributed by atoms with Gasteiger partial charge in [0, 0.05) is 22.7 Å². The Labute approximate surface area is 152 Å². The van der Waals surface area contributed by atoms with Crippen LogP contribution in [-0.2, 0) is 6.18 Å². The summed E-state index contributed by atoms with van der Waals surface area (Å²) in [6.45, 7) is 0. The van der Waals surface area contributed by atoms with Crippen molar-refractivity contribution in [1.29, 1.82) is 0 Å². The Kier molecular flexibility index (Phi) is 4.18. The molecule has 1 saturated carbocycles. The highest BCUT2D eigenvalue weighted by molar-refractivity contribution is 6.04.